The number of carbonyl (C=O) groups is 2. The summed E-state index contributed by atoms with van der Waals surface area (Å²) >= 11 is 0. The molecule has 0 bridgehead atoms. The van der Waals surface area contributed by atoms with Gasteiger partial charge in [0.2, 0.25) is 5.91 Å². The number of carbonyl (C=O) groups excluding carboxylic acids is 2. The quantitative estimate of drug-likeness (QED) is 0.155. The SMILES string of the molecule is O=C(CCCC(=O)OCC(=NNc1ccc([N+](=O)[O-])cc1[N+](=O)[O-])c1ccccc1)Nc1ccccc1. The second-order valence-corrected chi connectivity index (χ2v) is 7.68. The number of benzene rings is 3. The van der Waals surface area contributed by atoms with Gasteiger partial charge in [-0.3, -0.25) is 35.2 Å². The summed E-state index contributed by atoms with van der Waals surface area (Å²) in [5.74, 6) is -0.767. The van der Waals surface area contributed by atoms with Gasteiger partial charge in [-0.05, 0) is 24.6 Å². The van der Waals surface area contributed by atoms with E-state index >= 15 is 0 Å². The van der Waals surface area contributed by atoms with Crippen LogP contribution in [0.15, 0.2) is 84.0 Å². The van der Waals surface area contributed by atoms with E-state index in [1.165, 1.54) is 6.07 Å². The first-order chi connectivity index (χ1) is 17.8. The van der Waals surface area contributed by atoms with Crippen molar-refractivity contribution in [3.8, 4) is 0 Å². The van der Waals surface area contributed by atoms with Crippen molar-refractivity contribution in [1.29, 1.82) is 0 Å². The summed E-state index contributed by atoms with van der Waals surface area (Å²) in [5, 5.41) is 29.2. The molecule has 0 aliphatic rings. The molecule has 1 amide bonds. The molecule has 0 unspecified atom stereocenters. The maximum absolute atomic E-state index is 12.3. The van der Waals surface area contributed by atoms with Gasteiger partial charge in [0.15, 0.2) is 0 Å². The van der Waals surface area contributed by atoms with Crippen LogP contribution in [-0.2, 0) is 14.3 Å². The molecule has 3 aromatic rings. The molecule has 3 rings (SSSR count). The molecule has 0 aliphatic heterocycles. The van der Waals surface area contributed by atoms with Crippen molar-refractivity contribution in [3.63, 3.8) is 0 Å². The van der Waals surface area contributed by atoms with Crippen molar-refractivity contribution in [2.75, 3.05) is 17.3 Å². The van der Waals surface area contributed by atoms with Crippen LogP contribution in [-0.4, -0.2) is 34.0 Å². The first-order valence-corrected chi connectivity index (χ1v) is 11.1. The number of hydrogen-bond donors (Lipinski definition) is 2. The van der Waals surface area contributed by atoms with Crippen LogP contribution in [0, 0.1) is 20.2 Å². The van der Waals surface area contributed by atoms with Gasteiger partial charge in [-0.1, -0.05) is 48.5 Å². The summed E-state index contributed by atoms with van der Waals surface area (Å²) in [4.78, 5) is 45.1. The second-order valence-electron chi connectivity index (χ2n) is 7.68. The van der Waals surface area contributed by atoms with Gasteiger partial charge in [-0.25, -0.2) is 0 Å². The summed E-state index contributed by atoms with van der Waals surface area (Å²) in [6.45, 7) is -0.243. The van der Waals surface area contributed by atoms with Gasteiger partial charge in [0.05, 0.1) is 15.9 Å². The molecule has 37 heavy (non-hydrogen) atoms. The molecule has 0 spiro atoms. The molecule has 12 heteroatoms. The minimum atomic E-state index is -0.763. The summed E-state index contributed by atoms with van der Waals surface area (Å²) in [5.41, 5.74) is 3.03. The zero-order valence-corrected chi connectivity index (χ0v) is 19.5. The lowest BCUT2D eigenvalue weighted by Gasteiger charge is -2.10. The molecule has 0 atom stereocenters. The lowest BCUT2D eigenvalue weighted by Crippen LogP contribution is -2.17. The van der Waals surface area contributed by atoms with E-state index in [4.69, 9.17) is 4.74 Å². The van der Waals surface area contributed by atoms with Crippen LogP contribution in [0.3, 0.4) is 0 Å². The Morgan fingerprint density at radius 3 is 2.19 bits per heavy atom. The van der Waals surface area contributed by atoms with Gasteiger partial charge in [0.1, 0.15) is 18.0 Å². The lowest BCUT2D eigenvalue weighted by molar-refractivity contribution is -0.393. The van der Waals surface area contributed by atoms with Crippen molar-refractivity contribution in [2.45, 2.75) is 19.3 Å². The molecule has 3 aromatic carbocycles. The van der Waals surface area contributed by atoms with Gasteiger partial charge in [-0.2, -0.15) is 5.10 Å². The highest BCUT2D eigenvalue weighted by molar-refractivity contribution is 6.02. The normalized spacial score (nSPS) is 10.9. The van der Waals surface area contributed by atoms with Gasteiger partial charge >= 0.3 is 11.7 Å². The molecular weight excluding hydrogens is 482 g/mol. The number of esters is 1. The van der Waals surface area contributed by atoms with Crippen molar-refractivity contribution >= 4 is 40.3 Å². The molecule has 0 aromatic heterocycles. The number of nitro groups is 2. The van der Waals surface area contributed by atoms with Gasteiger partial charge in [0, 0.05) is 30.2 Å². The molecule has 0 radical (unpaired) electrons. The fraction of sp³-hybridized carbons (Fsp3) is 0.160. The maximum Gasteiger partial charge on any atom is 0.306 e. The molecule has 0 aliphatic carbocycles. The van der Waals surface area contributed by atoms with E-state index in [-0.39, 0.29) is 43.2 Å². The molecular formula is C25H23N5O7. The van der Waals surface area contributed by atoms with E-state index in [2.05, 4.69) is 15.8 Å². The number of amides is 1. The van der Waals surface area contributed by atoms with Crippen molar-refractivity contribution in [2.24, 2.45) is 5.10 Å². The summed E-state index contributed by atoms with van der Waals surface area (Å²) < 4.78 is 5.31. The molecule has 0 saturated heterocycles. The number of nitro benzene ring substituents is 2. The Kier molecular flexibility index (Phi) is 9.37. The third-order valence-electron chi connectivity index (χ3n) is 5.02. The Morgan fingerprint density at radius 2 is 1.54 bits per heavy atom. The van der Waals surface area contributed by atoms with E-state index < -0.39 is 27.2 Å². The topological polar surface area (TPSA) is 166 Å². The number of nitrogens with zero attached hydrogens (tertiary/aromatic N) is 3. The minimum Gasteiger partial charge on any atom is -0.459 e. The number of anilines is 2. The van der Waals surface area contributed by atoms with Crippen molar-refractivity contribution < 1.29 is 24.2 Å². The van der Waals surface area contributed by atoms with E-state index in [9.17, 15) is 29.8 Å². The highest BCUT2D eigenvalue weighted by Gasteiger charge is 2.19. The highest BCUT2D eigenvalue weighted by atomic mass is 16.6. The largest absolute Gasteiger partial charge is 0.459 e. The average Bonchev–Trinajstić information content (AvgIpc) is 2.89. The third-order valence-corrected chi connectivity index (χ3v) is 5.02. The Hall–Kier alpha value is -5.13. The molecule has 0 fully saturated rings. The average molecular weight is 505 g/mol. The van der Waals surface area contributed by atoms with E-state index in [0.29, 0.717) is 11.3 Å². The molecule has 0 saturated carbocycles. The van der Waals surface area contributed by atoms with Crippen LogP contribution in [0.2, 0.25) is 0 Å². The Morgan fingerprint density at radius 1 is 0.865 bits per heavy atom. The van der Waals surface area contributed by atoms with E-state index in [0.717, 1.165) is 12.1 Å². The standard InChI is InChI=1S/C25H23N5O7/c31-24(26-19-10-5-2-6-11-19)12-7-13-25(32)37-17-22(18-8-3-1-4-9-18)28-27-21-15-14-20(29(33)34)16-23(21)30(35)36/h1-6,8-11,14-16,27H,7,12-13,17H2,(H,26,31). The molecule has 190 valence electrons. The monoisotopic (exact) mass is 505 g/mol. The number of ether oxygens (including phenoxy) is 1. The number of para-hydroxylation sites is 1. The Balaban J connectivity index is 1.61. The van der Waals surface area contributed by atoms with Crippen LogP contribution in [0.25, 0.3) is 0 Å². The first-order valence-electron chi connectivity index (χ1n) is 11.1. The van der Waals surface area contributed by atoms with Crippen LogP contribution in [0.5, 0.6) is 0 Å². The summed E-state index contributed by atoms with van der Waals surface area (Å²) in [6, 6.07) is 20.8. The van der Waals surface area contributed by atoms with Crippen LogP contribution in [0.1, 0.15) is 24.8 Å². The molecule has 12 nitrogen and oxygen atoms in total. The van der Waals surface area contributed by atoms with E-state index in [1.807, 2.05) is 6.07 Å². The fourth-order valence-corrected chi connectivity index (χ4v) is 3.18. The number of hydrazone groups is 1. The predicted octanol–water partition coefficient (Wildman–Crippen LogP) is 4.67. The summed E-state index contributed by atoms with van der Waals surface area (Å²) in [7, 11) is 0. The fourth-order valence-electron chi connectivity index (χ4n) is 3.18. The van der Waals surface area contributed by atoms with Gasteiger partial charge in [0.25, 0.3) is 5.69 Å². The Labute approximate surface area is 211 Å². The van der Waals surface area contributed by atoms with Crippen LogP contribution in [0.4, 0.5) is 22.7 Å². The molecule has 0 heterocycles. The van der Waals surface area contributed by atoms with Gasteiger partial charge in [-0.15, -0.1) is 0 Å². The number of nitrogens with one attached hydrogen (secondary N) is 2. The number of non-ortho nitro benzene ring substituents is 1. The number of rotatable bonds is 12. The summed E-state index contributed by atoms with van der Waals surface area (Å²) in [6.07, 6.45) is 0.420. The minimum absolute atomic E-state index is 0.00549. The van der Waals surface area contributed by atoms with E-state index in [1.54, 1.807) is 54.6 Å². The zero-order valence-electron chi connectivity index (χ0n) is 19.5. The molecule has 2 N–H and O–H groups in total. The predicted molar refractivity (Wildman–Crippen MR) is 136 cm³/mol. The smallest absolute Gasteiger partial charge is 0.306 e. The van der Waals surface area contributed by atoms with Crippen molar-refractivity contribution in [1.82, 2.24) is 0 Å². The lowest BCUT2D eigenvalue weighted by atomic mass is 10.1. The number of hydrogen-bond acceptors (Lipinski definition) is 9. The maximum atomic E-state index is 12.3. The van der Waals surface area contributed by atoms with Gasteiger partial charge < -0.3 is 10.1 Å². The van der Waals surface area contributed by atoms with Crippen LogP contribution >= 0.6 is 0 Å². The highest BCUT2D eigenvalue weighted by Crippen LogP contribution is 2.29. The third kappa shape index (κ3) is 8.24. The van der Waals surface area contributed by atoms with Crippen molar-refractivity contribution in [3.05, 3.63) is 105 Å². The Bertz CT molecular complexity index is 1300. The second kappa shape index (κ2) is 13.1. The first kappa shape index (κ1) is 26.5. The zero-order chi connectivity index (χ0) is 26.6. The van der Waals surface area contributed by atoms with Crippen LogP contribution < -0.4 is 10.7 Å².